The number of halogens is 3. The summed E-state index contributed by atoms with van der Waals surface area (Å²) in [5.41, 5.74) is -2.03. The number of hydrogen-bond acceptors (Lipinski definition) is 8. The molecule has 40 heavy (non-hydrogen) atoms. The van der Waals surface area contributed by atoms with Crippen LogP contribution >= 0.6 is 0 Å². The number of carbonyl (C=O) groups excluding carboxylic acids is 1. The van der Waals surface area contributed by atoms with Crippen molar-refractivity contribution in [2.24, 2.45) is 0 Å². The maximum atomic E-state index is 13.9. The van der Waals surface area contributed by atoms with Crippen LogP contribution in [0.5, 0.6) is 0 Å². The van der Waals surface area contributed by atoms with Crippen LogP contribution in [0.15, 0.2) is 41.3 Å². The van der Waals surface area contributed by atoms with Crippen molar-refractivity contribution in [3.8, 4) is 0 Å². The summed E-state index contributed by atoms with van der Waals surface area (Å²) in [5.74, 6) is -0.381. The van der Waals surface area contributed by atoms with Gasteiger partial charge in [-0.05, 0) is 25.5 Å². The third-order valence-electron chi connectivity index (χ3n) is 5.78. The standard InChI is InChI=1S/C27H41F3N4O5Si/c1-6-39-24(35)14-22(31-15-21-10-8-7-9-11-21)18-38-17-20(2)33-23-16-32-34(19-37-12-13-40(3,4)5)26(36)25(23)27(28,29)30/h7-11,16,20,22,31,33H,6,12-15,17-19H2,1-5H3/t20-,22?/m0/s1. The van der Waals surface area contributed by atoms with Crippen LogP contribution in [0.4, 0.5) is 18.9 Å². The van der Waals surface area contributed by atoms with Gasteiger partial charge < -0.3 is 24.8 Å². The number of benzene rings is 1. The van der Waals surface area contributed by atoms with Crippen molar-refractivity contribution in [1.82, 2.24) is 15.1 Å². The van der Waals surface area contributed by atoms with Crippen molar-refractivity contribution >= 4 is 19.7 Å². The number of rotatable bonds is 17. The van der Waals surface area contributed by atoms with Gasteiger partial charge in [-0.1, -0.05) is 50.0 Å². The van der Waals surface area contributed by atoms with Crippen molar-refractivity contribution < 1.29 is 32.2 Å². The van der Waals surface area contributed by atoms with Crippen LogP contribution in [0.25, 0.3) is 0 Å². The summed E-state index contributed by atoms with van der Waals surface area (Å²) in [6, 6.07) is 9.46. The van der Waals surface area contributed by atoms with Crippen LogP contribution in [-0.2, 0) is 38.5 Å². The number of ether oxygens (including phenoxy) is 3. The molecule has 13 heteroatoms. The van der Waals surface area contributed by atoms with Crippen LogP contribution in [0.1, 0.15) is 31.4 Å². The van der Waals surface area contributed by atoms with Crippen LogP contribution in [0.2, 0.25) is 25.7 Å². The lowest BCUT2D eigenvalue weighted by molar-refractivity contribution is -0.144. The second-order valence-electron chi connectivity index (χ2n) is 10.7. The molecule has 1 unspecified atom stereocenters. The highest BCUT2D eigenvalue weighted by Gasteiger charge is 2.38. The van der Waals surface area contributed by atoms with Gasteiger partial charge in [0.15, 0.2) is 0 Å². The minimum Gasteiger partial charge on any atom is -0.466 e. The lowest BCUT2D eigenvalue weighted by Crippen LogP contribution is -2.37. The molecule has 2 N–H and O–H groups in total. The molecule has 0 fully saturated rings. The zero-order chi connectivity index (χ0) is 29.8. The largest absolute Gasteiger partial charge is 0.466 e. The number of esters is 1. The molecular weight excluding hydrogens is 545 g/mol. The summed E-state index contributed by atoms with van der Waals surface area (Å²) < 4.78 is 58.4. The second-order valence-corrected chi connectivity index (χ2v) is 16.4. The Morgan fingerprint density at radius 3 is 2.45 bits per heavy atom. The Hall–Kier alpha value is -2.74. The summed E-state index contributed by atoms with van der Waals surface area (Å²) in [6.45, 7) is 10.7. The Bertz CT molecular complexity index is 1110. The van der Waals surface area contributed by atoms with Gasteiger partial charge in [-0.3, -0.25) is 9.59 Å². The maximum Gasteiger partial charge on any atom is 0.423 e. The Kier molecular flexibility index (Phi) is 13.3. The molecule has 0 saturated heterocycles. The van der Waals surface area contributed by atoms with E-state index in [1.54, 1.807) is 13.8 Å². The summed E-state index contributed by atoms with van der Waals surface area (Å²) >= 11 is 0. The van der Waals surface area contributed by atoms with E-state index in [1.165, 1.54) is 0 Å². The van der Waals surface area contributed by atoms with Gasteiger partial charge in [0, 0.05) is 33.3 Å². The normalized spacial score (nSPS) is 13.6. The van der Waals surface area contributed by atoms with E-state index in [4.69, 9.17) is 14.2 Å². The Morgan fingerprint density at radius 1 is 1.12 bits per heavy atom. The van der Waals surface area contributed by atoms with Gasteiger partial charge in [0.25, 0.3) is 5.56 Å². The number of hydrogen-bond donors (Lipinski definition) is 2. The number of anilines is 1. The monoisotopic (exact) mass is 586 g/mol. The van der Waals surface area contributed by atoms with Gasteiger partial charge in [-0.15, -0.1) is 0 Å². The molecule has 0 aliphatic carbocycles. The fraction of sp³-hybridized carbons (Fsp3) is 0.593. The molecule has 1 aromatic heterocycles. The molecule has 1 heterocycles. The van der Waals surface area contributed by atoms with E-state index in [0.29, 0.717) is 17.8 Å². The van der Waals surface area contributed by atoms with Crippen LogP contribution in [0, 0.1) is 0 Å². The predicted octanol–water partition coefficient (Wildman–Crippen LogP) is 4.50. The Morgan fingerprint density at radius 2 is 1.82 bits per heavy atom. The van der Waals surface area contributed by atoms with E-state index in [2.05, 4.69) is 35.4 Å². The molecule has 1 aromatic carbocycles. The molecule has 0 bridgehead atoms. The van der Waals surface area contributed by atoms with Crippen molar-refractivity contribution in [3.63, 3.8) is 0 Å². The highest BCUT2D eigenvalue weighted by Crippen LogP contribution is 2.32. The van der Waals surface area contributed by atoms with Crippen molar-refractivity contribution in [2.45, 2.75) is 77.5 Å². The van der Waals surface area contributed by atoms with Gasteiger partial charge in [0.1, 0.15) is 12.3 Å². The molecule has 0 saturated carbocycles. The van der Waals surface area contributed by atoms with Crippen molar-refractivity contribution in [3.05, 3.63) is 58.0 Å². The number of alkyl halides is 3. The topological polar surface area (TPSA) is 104 Å². The summed E-state index contributed by atoms with van der Waals surface area (Å²) in [6.07, 6.45) is -3.84. The molecule has 9 nitrogen and oxygen atoms in total. The summed E-state index contributed by atoms with van der Waals surface area (Å²) in [4.78, 5) is 24.7. The minimum absolute atomic E-state index is 0.0204. The first-order valence-corrected chi connectivity index (χ1v) is 17.0. The van der Waals surface area contributed by atoms with Gasteiger partial charge >= 0.3 is 12.1 Å². The smallest absolute Gasteiger partial charge is 0.423 e. The Balaban J connectivity index is 2.00. The van der Waals surface area contributed by atoms with Crippen LogP contribution in [-0.4, -0.2) is 62.3 Å². The first-order valence-electron chi connectivity index (χ1n) is 13.3. The first kappa shape index (κ1) is 33.5. The van der Waals surface area contributed by atoms with Crippen molar-refractivity contribution in [2.75, 3.05) is 31.7 Å². The summed E-state index contributed by atoms with van der Waals surface area (Å²) in [7, 11) is -1.39. The molecule has 0 amide bonds. The lowest BCUT2D eigenvalue weighted by Gasteiger charge is -2.22. The number of nitrogens with one attached hydrogen (secondary N) is 2. The predicted molar refractivity (Wildman–Crippen MR) is 150 cm³/mol. The van der Waals surface area contributed by atoms with Crippen molar-refractivity contribution in [1.29, 1.82) is 0 Å². The number of aromatic nitrogens is 2. The minimum atomic E-state index is -4.89. The quantitative estimate of drug-likeness (QED) is 0.159. The SMILES string of the molecule is CCOC(=O)CC(COC[C@H](C)Nc1cnn(COCC[Si](C)(C)C)c(=O)c1C(F)(F)F)NCc1ccccc1. The first-order chi connectivity index (χ1) is 18.8. The lowest BCUT2D eigenvalue weighted by atomic mass is 10.2. The fourth-order valence-corrected chi connectivity index (χ4v) is 4.41. The van der Waals surface area contributed by atoms with E-state index in [1.807, 2.05) is 30.3 Å². The highest BCUT2D eigenvalue weighted by atomic mass is 28.3. The Labute approximate surface area is 234 Å². The van der Waals surface area contributed by atoms with E-state index in [0.717, 1.165) is 17.8 Å². The van der Waals surface area contributed by atoms with Gasteiger partial charge in [-0.2, -0.15) is 18.3 Å². The zero-order valence-electron chi connectivity index (χ0n) is 23.8. The van der Waals surface area contributed by atoms with E-state index in [9.17, 15) is 22.8 Å². The average Bonchev–Trinajstić information content (AvgIpc) is 2.85. The molecule has 2 aromatic rings. The second kappa shape index (κ2) is 15.9. The third-order valence-corrected chi connectivity index (χ3v) is 7.49. The average molecular weight is 587 g/mol. The van der Waals surface area contributed by atoms with Gasteiger partial charge in [-0.25, -0.2) is 4.68 Å². The summed E-state index contributed by atoms with van der Waals surface area (Å²) in [5, 5.41) is 9.84. The molecule has 0 spiro atoms. The molecule has 0 radical (unpaired) electrons. The van der Waals surface area contributed by atoms with E-state index >= 15 is 0 Å². The molecular formula is C27H41F3N4O5Si. The highest BCUT2D eigenvalue weighted by molar-refractivity contribution is 6.76. The van der Waals surface area contributed by atoms with E-state index < -0.39 is 37.1 Å². The van der Waals surface area contributed by atoms with Gasteiger partial charge in [0.05, 0.1) is 38.1 Å². The molecule has 224 valence electrons. The van der Waals surface area contributed by atoms with E-state index in [-0.39, 0.29) is 45.0 Å². The maximum absolute atomic E-state index is 13.9. The molecule has 0 aliphatic rings. The van der Waals surface area contributed by atoms with Crippen LogP contribution in [0.3, 0.4) is 0 Å². The zero-order valence-corrected chi connectivity index (χ0v) is 24.8. The fourth-order valence-electron chi connectivity index (χ4n) is 3.66. The molecule has 0 aliphatic heterocycles. The van der Waals surface area contributed by atoms with Crippen LogP contribution < -0.4 is 16.2 Å². The third kappa shape index (κ3) is 12.2. The molecule has 2 atom stereocenters. The molecule has 2 rings (SSSR count). The number of carbonyl (C=O) groups is 1. The van der Waals surface area contributed by atoms with Gasteiger partial charge in [0.2, 0.25) is 0 Å². The number of nitrogens with zero attached hydrogens (tertiary/aromatic N) is 2.